The van der Waals surface area contributed by atoms with Gasteiger partial charge in [-0.15, -0.1) is 0 Å². The van der Waals surface area contributed by atoms with Gasteiger partial charge < -0.3 is 14.4 Å². The van der Waals surface area contributed by atoms with E-state index < -0.39 is 0 Å². The van der Waals surface area contributed by atoms with Gasteiger partial charge in [-0.2, -0.15) is 0 Å². The Morgan fingerprint density at radius 2 is 1.94 bits per heavy atom. The van der Waals surface area contributed by atoms with E-state index >= 15 is 0 Å². The minimum atomic E-state index is 0.786. The summed E-state index contributed by atoms with van der Waals surface area (Å²) in [5.74, 6) is 0.852. The molecular weight excluding hydrogens is 204 g/mol. The fourth-order valence-electron chi connectivity index (χ4n) is 1.51. The number of ether oxygens (including phenoxy) is 2. The van der Waals surface area contributed by atoms with E-state index in [1.807, 2.05) is 30.6 Å². The summed E-state index contributed by atoms with van der Waals surface area (Å²) in [5.41, 5.74) is 0.937. The van der Waals surface area contributed by atoms with Crippen LogP contribution in [0, 0.1) is 0 Å². The lowest BCUT2D eigenvalue weighted by Gasteiger charge is -2.24. The number of hydrogen-bond donors (Lipinski definition) is 0. The van der Waals surface area contributed by atoms with Crippen molar-refractivity contribution in [1.82, 2.24) is 4.90 Å². The number of methoxy groups -OCH3 is 1. The van der Waals surface area contributed by atoms with Crippen molar-refractivity contribution in [2.24, 2.45) is 4.99 Å². The summed E-state index contributed by atoms with van der Waals surface area (Å²) in [7, 11) is 1.66. The monoisotopic (exact) mass is 220 g/mol. The molecule has 4 nitrogen and oxygen atoms in total. The van der Waals surface area contributed by atoms with E-state index in [0.29, 0.717) is 0 Å². The fourth-order valence-corrected chi connectivity index (χ4v) is 1.51. The van der Waals surface area contributed by atoms with E-state index in [-0.39, 0.29) is 0 Å². The summed E-state index contributed by atoms with van der Waals surface area (Å²) in [6.07, 6.45) is 1.88. The standard InChI is InChI=1S/C12H16N2O2/c1-15-12-4-2-11(3-5-12)13-10-14-6-8-16-9-7-14/h2-5,10H,6-9H2,1H3. The van der Waals surface area contributed by atoms with Crippen molar-refractivity contribution in [3.8, 4) is 5.75 Å². The van der Waals surface area contributed by atoms with Crippen molar-refractivity contribution in [3.05, 3.63) is 24.3 Å². The van der Waals surface area contributed by atoms with Gasteiger partial charge in [-0.3, -0.25) is 0 Å². The quantitative estimate of drug-likeness (QED) is 0.574. The predicted octanol–water partition coefficient (Wildman–Crippen LogP) is 1.69. The maximum absolute atomic E-state index is 5.26. The minimum Gasteiger partial charge on any atom is -0.497 e. The third-order valence-corrected chi connectivity index (χ3v) is 2.49. The van der Waals surface area contributed by atoms with Gasteiger partial charge in [0.05, 0.1) is 32.3 Å². The molecule has 1 aliphatic rings. The van der Waals surface area contributed by atoms with Crippen LogP contribution in [0.1, 0.15) is 0 Å². The van der Waals surface area contributed by atoms with Crippen LogP contribution in [0.2, 0.25) is 0 Å². The molecule has 2 rings (SSSR count). The average Bonchev–Trinajstić information content (AvgIpc) is 2.38. The van der Waals surface area contributed by atoms with Gasteiger partial charge >= 0.3 is 0 Å². The molecule has 1 heterocycles. The van der Waals surface area contributed by atoms with Crippen LogP contribution in [-0.4, -0.2) is 44.7 Å². The number of benzene rings is 1. The second-order valence-corrected chi connectivity index (χ2v) is 3.59. The maximum Gasteiger partial charge on any atom is 0.119 e. The molecule has 0 aliphatic carbocycles. The topological polar surface area (TPSA) is 34.1 Å². The lowest BCUT2D eigenvalue weighted by molar-refractivity contribution is 0.0701. The Labute approximate surface area is 95.5 Å². The number of aliphatic imine (C=N–C) groups is 1. The van der Waals surface area contributed by atoms with Crippen molar-refractivity contribution in [3.63, 3.8) is 0 Å². The minimum absolute atomic E-state index is 0.786. The summed E-state index contributed by atoms with van der Waals surface area (Å²) in [5, 5.41) is 0. The molecule has 1 aromatic carbocycles. The second-order valence-electron chi connectivity index (χ2n) is 3.59. The van der Waals surface area contributed by atoms with Crippen LogP contribution >= 0.6 is 0 Å². The second kappa shape index (κ2) is 5.51. The third-order valence-electron chi connectivity index (χ3n) is 2.49. The average molecular weight is 220 g/mol. The molecule has 0 atom stereocenters. The van der Waals surface area contributed by atoms with Crippen LogP contribution in [0.5, 0.6) is 5.75 Å². The number of nitrogens with zero attached hydrogens (tertiary/aromatic N) is 2. The Bertz CT molecular complexity index is 343. The SMILES string of the molecule is COc1ccc(N=CN2CCOCC2)cc1. The Hall–Kier alpha value is -1.55. The lowest BCUT2D eigenvalue weighted by Crippen LogP contribution is -2.34. The Morgan fingerprint density at radius 1 is 1.25 bits per heavy atom. The molecule has 1 fully saturated rings. The van der Waals surface area contributed by atoms with Crippen LogP contribution in [-0.2, 0) is 4.74 Å². The third kappa shape index (κ3) is 2.97. The zero-order chi connectivity index (χ0) is 11.2. The van der Waals surface area contributed by atoms with E-state index in [2.05, 4.69) is 9.89 Å². The summed E-state index contributed by atoms with van der Waals surface area (Å²) in [6.45, 7) is 3.41. The predicted molar refractivity (Wildman–Crippen MR) is 63.5 cm³/mol. The van der Waals surface area contributed by atoms with Crippen molar-refractivity contribution in [2.45, 2.75) is 0 Å². The smallest absolute Gasteiger partial charge is 0.119 e. The molecule has 1 aliphatic heterocycles. The number of hydrogen-bond acceptors (Lipinski definition) is 3. The summed E-state index contributed by atoms with van der Waals surface area (Å²) < 4.78 is 10.3. The zero-order valence-electron chi connectivity index (χ0n) is 9.43. The highest BCUT2D eigenvalue weighted by Crippen LogP contribution is 2.17. The highest BCUT2D eigenvalue weighted by atomic mass is 16.5. The molecule has 0 unspecified atom stereocenters. The van der Waals surface area contributed by atoms with E-state index in [0.717, 1.165) is 37.7 Å². The molecule has 0 bridgehead atoms. The fraction of sp³-hybridized carbons (Fsp3) is 0.417. The van der Waals surface area contributed by atoms with Gasteiger partial charge in [0.15, 0.2) is 0 Å². The van der Waals surface area contributed by atoms with Gasteiger partial charge in [0.25, 0.3) is 0 Å². The molecule has 0 radical (unpaired) electrons. The normalized spacial score (nSPS) is 16.7. The largest absolute Gasteiger partial charge is 0.497 e. The van der Waals surface area contributed by atoms with E-state index in [1.54, 1.807) is 7.11 Å². The Balaban J connectivity index is 1.94. The first-order chi connectivity index (χ1) is 7.88. The molecule has 4 heteroatoms. The Kier molecular flexibility index (Phi) is 3.77. The molecule has 1 aromatic rings. The molecule has 16 heavy (non-hydrogen) atoms. The zero-order valence-corrected chi connectivity index (χ0v) is 9.43. The van der Waals surface area contributed by atoms with Gasteiger partial charge in [-0.05, 0) is 24.3 Å². The molecule has 0 saturated carbocycles. The highest BCUT2D eigenvalue weighted by Gasteiger charge is 2.05. The molecule has 0 spiro atoms. The van der Waals surface area contributed by atoms with Crippen LogP contribution in [0.25, 0.3) is 0 Å². The Morgan fingerprint density at radius 3 is 2.56 bits per heavy atom. The summed E-state index contributed by atoms with van der Waals surface area (Å²) in [4.78, 5) is 6.56. The van der Waals surface area contributed by atoms with E-state index in [9.17, 15) is 0 Å². The van der Waals surface area contributed by atoms with Crippen molar-refractivity contribution >= 4 is 12.0 Å². The van der Waals surface area contributed by atoms with Crippen LogP contribution in [0.3, 0.4) is 0 Å². The highest BCUT2D eigenvalue weighted by molar-refractivity contribution is 5.61. The first-order valence-corrected chi connectivity index (χ1v) is 5.38. The number of morpholine rings is 1. The van der Waals surface area contributed by atoms with Crippen LogP contribution in [0.4, 0.5) is 5.69 Å². The van der Waals surface area contributed by atoms with E-state index in [4.69, 9.17) is 9.47 Å². The first-order valence-electron chi connectivity index (χ1n) is 5.38. The molecule has 0 N–H and O–H groups in total. The summed E-state index contributed by atoms with van der Waals surface area (Å²) in [6, 6.07) is 7.70. The van der Waals surface area contributed by atoms with Gasteiger partial charge in [-0.1, -0.05) is 0 Å². The van der Waals surface area contributed by atoms with Gasteiger partial charge in [0.1, 0.15) is 5.75 Å². The molecule has 0 amide bonds. The van der Waals surface area contributed by atoms with Crippen molar-refractivity contribution < 1.29 is 9.47 Å². The first kappa shape index (κ1) is 11.0. The van der Waals surface area contributed by atoms with Gasteiger partial charge in [-0.25, -0.2) is 4.99 Å². The molecular formula is C12H16N2O2. The number of rotatable bonds is 3. The van der Waals surface area contributed by atoms with Gasteiger partial charge in [0, 0.05) is 13.1 Å². The van der Waals surface area contributed by atoms with Crippen molar-refractivity contribution in [1.29, 1.82) is 0 Å². The maximum atomic E-state index is 5.26. The summed E-state index contributed by atoms with van der Waals surface area (Å²) >= 11 is 0. The molecule has 86 valence electrons. The van der Waals surface area contributed by atoms with Gasteiger partial charge in [0.2, 0.25) is 0 Å². The van der Waals surface area contributed by atoms with Crippen LogP contribution < -0.4 is 4.74 Å². The van der Waals surface area contributed by atoms with Crippen molar-refractivity contribution in [2.75, 3.05) is 33.4 Å². The lowest BCUT2D eigenvalue weighted by atomic mass is 10.3. The van der Waals surface area contributed by atoms with Crippen LogP contribution in [0.15, 0.2) is 29.3 Å². The van der Waals surface area contributed by atoms with E-state index in [1.165, 1.54) is 0 Å². The molecule has 1 saturated heterocycles. The molecule has 0 aromatic heterocycles.